The maximum atomic E-state index is 11.6. The number of hydrogen-bond donors (Lipinski definition) is 2. The Kier molecular flexibility index (Phi) is 4.11. The van der Waals surface area contributed by atoms with Gasteiger partial charge in [-0.25, -0.2) is 13.1 Å². The fourth-order valence-corrected chi connectivity index (χ4v) is 2.97. The van der Waals surface area contributed by atoms with E-state index in [9.17, 15) is 8.42 Å². The van der Waals surface area contributed by atoms with Crippen LogP contribution in [0.25, 0.3) is 0 Å². The van der Waals surface area contributed by atoms with Crippen molar-refractivity contribution >= 4 is 27.5 Å². The second-order valence-corrected chi connectivity index (χ2v) is 8.38. The second kappa shape index (κ2) is 4.88. The minimum atomic E-state index is -3.42. The molecule has 1 aromatic carbocycles. The van der Waals surface area contributed by atoms with Crippen molar-refractivity contribution in [1.82, 2.24) is 4.72 Å². The van der Waals surface area contributed by atoms with Crippen molar-refractivity contribution in [3.05, 3.63) is 18.2 Å². The molecule has 1 rings (SSSR count). The molecule has 4 nitrogen and oxygen atoms in total. The smallest absolute Gasteiger partial charge is 0.240 e. The molecule has 0 atom stereocenters. The zero-order chi connectivity index (χ0) is 13.3. The van der Waals surface area contributed by atoms with Gasteiger partial charge in [-0.1, -0.05) is 20.8 Å². The highest BCUT2D eigenvalue weighted by Crippen LogP contribution is 2.36. The van der Waals surface area contributed by atoms with E-state index in [0.717, 1.165) is 4.90 Å². The summed E-state index contributed by atoms with van der Waals surface area (Å²) in [5.74, 6) is 0. The maximum absolute atomic E-state index is 11.6. The number of sulfonamides is 1. The Morgan fingerprint density at radius 2 is 1.88 bits per heavy atom. The molecule has 6 heteroatoms. The molecule has 0 aliphatic carbocycles. The van der Waals surface area contributed by atoms with E-state index in [4.69, 9.17) is 5.73 Å². The highest BCUT2D eigenvalue weighted by Gasteiger charge is 2.17. The molecule has 0 unspecified atom stereocenters. The van der Waals surface area contributed by atoms with Crippen LogP contribution in [0.15, 0.2) is 28.0 Å². The summed E-state index contributed by atoms with van der Waals surface area (Å²) in [6.07, 6.45) is 0. The van der Waals surface area contributed by atoms with Crippen molar-refractivity contribution < 1.29 is 8.42 Å². The molecular formula is C11H18N2O2S2. The lowest BCUT2D eigenvalue weighted by Crippen LogP contribution is -2.18. The Morgan fingerprint density at radius 1 is 1.29 bits per heavy atom. The topological polar surface area (TPSA) is 72.2 Å². The van der Waals surface area contributed by atoms with Crippen LogP contribution in [0.5, 0.6) is 0 Å². The normalized spacial score (nSPS) is 12.7. The first-order chi connectivity index (χ1) is 7.65. The molecule has 0 fully saturated rings. The number of nitrogens with two attached hydrogens (primary N) is 1. The molecule has 0 saturated heterocycles. The van der Waals surface area contributed by atoms with Gasteiger partial charge >= 0.3 is 0 Å². The van der Waals surface area contributed by atoms with Gasteiger partial charge in [0.05, 0.1) is 4.90 Å². The molecule has 0 aliphatic heterocycles. The Labute approximate surface area is 107 Å². The van der Waals surface area contributed by atoms with E-state index in [1.165, 1.54) is 13.1 Å². The lowest BCUT2D eigenvalue weighted by molar-refractivity contribution is 0.588. The van der Waals surface area contributed by atoms with Gasteiger partial charge in [-0.2, -0.15) is 0 Å². The van der Waals surface area contributed by atoms with Gasteiger partial charge < -0.3 is 5.73 Å². The van der Waals surface area contributed by atoms with Crippen LogP contribution >= 0.6 is 11.8 Å². The lowest BCUT2D eigenvalue weighted by Gasteiger charge is -2.19. The number of rotatable bonds is 3. The SMILES string of the molecule is CNS(=O)(=O)c1ccc(SC(C)(C)C)c(N)c1. The summed E-state index contributed by atoms with van der Waals surface area (Å²) in [6, 6.07) is 4.80. The molecule has 0 spiro atoms. The van der Waals surface area contributed by atoms with Crippen LogP contribution in [0.4, 0.5) is 5.69 Å². The van der Waals surface area contributed by atoms with Crippen LogP contribution in [-0.4, -0.2) is 20.2 Å². The van der Waals surface area contributed by atoms with E-state index in [1.807, 2.05) is 0 Å². The van der Waals surface area contributed by atoms with E-state index in [0.29, 0.717) is 5.69 Å². The van der Waals surface area contributed by atoms with Crippen LogP contribution in [-0.2, 0) is 10.0 Å². The molecule has 0 amide bonds. The van der Waals surface area contributed by atoms with Crippen LogP contribution < -0.4 is 10.5 Å². The molecule has 0 radical (unpaired) electrons. The molecule has 17 heavy (non-hydrogen) atoms. The lowest BCUT2D eigenvalue weighted by atomic mass is 10.3. The van der Waals surface area contributed by atoms with Crippen molar-refractivity contribution in [3.8, 4) is 0 Å². The molecule has 1 aromatic rings. The maximum Gasteiger partial charge on any atom is 0.240 e. The van der Waals surface area contributed by atoms with Crippen molar-refractivity contribution in [2.45, 2.75) is 35.3 Å². The van der Waals surface area contributed by atoms with Crippen molar-refractivity contribution in [2.24, 2.45) is 0 Å². The van der Waals surface area contributed by atoms with Gasteiger partial charge in [0.15, 0.2) is 0 Å². The first-order valence-corrected chi connectivity index (χ1v) is 7.48. The number of hydrogen-bond acceptors (Lipinski definition) is 4. The average molecular weight is 274 g/mol. The number of benzene rings is 1. The van der Waals surface area contributed by atoms with Gasteiger partial charge in [0, 0.05) is 15.3 Å². The van der Waals surface area contributed by atoms with Crippen LogP contribution in [0.1, 0.15) is 20.8 Å². The summed E-state index contributed by atoms with van der Waals surface area (Å²) in [5.41, 5.74) is 6.35. The van der Waals surface area contributed by atoms with Crippen LogP contribution in [0, 0.1) is 0 Å². The fourth-order valence-electron chi connectivity index (χ4n) is 1.23. The Balaban J connectivity index is 3.11. The Bertz CT molecular complexity index is 505. The third-order valence-corrected chi connectivity index (χ3v) is 4.59. The Morgan fingerprint density at radius 3 is 2.29 bits per heavy atom. The number of nitrogens with one attached hydrogen (secondary N) is 1. The van der Waals surface area contributed by atoms with Gasteiger partial charge in [-0.15, -0.1) is 11.8 Å². The first kappa shape index (κ1) is 14.3. The molecular weight excluding hydrogens is 256 g/mol. The van der Waals surface area contributed by atoms with E-state index in [-0.39, 0.29) is 9.64 Å². The predicted octanol–water partition coefficient (Wildman–Crippen LogP) is 2.07. The van der Waals surface area contributed by atoms with Crippen LogP contribution in [0.3, 0.4) is 0 Å². The van der Waals surface area contributed by atoms with Gasteiger partial charge in [0.2, 0.25) is 10.0 Å². The van der Waals surface area contributed by atoms with E-state index in [1.54, 1.807) is 23.9 Å². The van der Waals surface area contributed by atoms with Gasteiger partial charge in [-0.05, 0) is 25.2 Å². The largest absolute Gasteiger partial charge is 0.398 e. The quantitative estimate of drug-likeness (QED) is 0.654. The predicted molar refractivity (Wildman–Crippen MR) is 72.7 cm³/mol. The first-order valence-electron chi connectivity index (χ1n) is 5.18. The highest BCUT2D eigenvalue weighted by atomic mass is 32.2. The van der Waals surface area contributed by atoms with Gasteiger partial charge in [0.25, 0.3) is 0 Å². The van der Waals surface area contributed by atoms with Crippen molar-refractivity contribution in [1.29, 1.82) is 0 Å². The van der Waals surface area contributed by atoms with E-state index >= 15 is 0 Å². The molecule has 0 saturated carbocycles. The standard InChI is InChI=1S/C11H18N2O2S2/c1-11(2,3)16-10-6-5-8(7-9(10)12)17(14,15)13-4/h5-7,13H,12H2,1-4H3. The Hall–Kier alpha value is -0.720. The highest BCUT2D eigenvalue weighted by molar-refractivity contribution is 8.00. The monoisotopic (exact) mass is 274 g/mol. The third-order valence-electron chi connectivity index (χ3n) is 1.98. The zero-order valence-corrected chi connectivity index (χ0v) is 12.1. The summed E-state index contributed by atoms with van der Waals surface area (Å²) in [7, 11) is -2.04. The molecule has 96 valence electrons. The average Bonchev–Trinajstić information content (AvgIpc) is 2.19. The summed E-state index contributed by atoms with van der Waals surface area (Å²) in [4.78, 5) is 1.09. The van der Waals surface area contributed by atoms with E-state index < -0.39 is 10.0 Å². The fraction of sp³-hybridized carbons (Fsp3) is 0.455. The number of anilines is 1. The summed E-state index contributed by atoms with van der Waals surface area (Å²) < 4.78 is 25.5. The summed E-state index contributed by atoms with van der Waals surface area (Å²) in [5, 5.41) is 0. The number of thioether (sulfide) groups is 1. The molecule has 0 aliphatic rings. The summed E-state index contributed by atoms with van der Waals surface area (Å²) >= 11 is 1.61. The zero-order valence-electron chi connectivity index (χ0n) is 10.4. The van der Waals surface area contributed by atoms with Gasteiger partial charge in [0.1, 0.15) is 0 Å². The minimum absolute atomic E-state index is 0.0392. The minimum Gasteiger partial charge on any atom is -0.398 e. The van der Waals surface area contributed by atoms with Crippen molar-refractivity contribution in [2.75, 3.05) is 12.8 Å². The summed E-state index contributed by atoms with van der Waals surface area (Å²) in [6.45, 7) is 6.24. The molecule has 0 heterocycles. The third kappa shape index (κ3) is 3.90. The number of nitrogen functional groups attached to an aromatic ring is 1. The van der Waals surface area contributed by atoms with Gasteiger partial charge in [-0.3, -0.25) is 0 Å². The van der Waals surface area contributed by atoms with E-state index in [2.05, 4.69) is 25.5 Å². The molecule has 3 N–H and O–H groups in total. The van der Waals surface area contributed by atoms with Crippen LogP contribution in [0.2, 0.25) is 0 Å². The van der Waals surface area contributed by atoms with Crippen molar-refractivity contribution in [3.63, 3.8) is 0 Å². The second-order valence-electron chi connectivity index (χ2n) is 4.62. The molecule has 0 aromatic heterocycles. The molecule has 0 bridgehead atoms.